The summed E-state index contributed by atoms with van der Waals surface area (Å²) >= 11 is 0. The number of hydrogen-bond acceptors (Lipinski definition) is 2. The highest BCUT2D eigenvalue weighted by Crippen LogP contribution is 2.12. The van der Waals surface area contributed by atoms with Gasteiger partial charge in [0.2, 0.25) is 0 Å². The maximum atomic E-state index is 9.09. The summed E-state index contributed by atoms with van der Waals surface area (Å²) in [6.07, 6.45) is 0. The van der Waals surface area contributed by atoms with Crippen LogP contribution in [-0.2, 0) is 0 Å². The molecule has 0 aliphatic heterocycles. The Balaban J connectivity index is 0. The van der Waals surface area contributed by atoms with Crippen molar-refractivity contribution in [2.24, 2.45) is 5.92 Å². The second-order valence-corrected chi connectivity index (χ2v) is 3.12. The molecule has 2 nitrogen and oxygen atoms in total. The third-order valence-corrected chi connectivity index (χ3v) is 1.41. The summed E-state index contributed by atoms with van der Waals surface area (Å²) < 4.78 is 0. The molecule has 0 heterocycles. The van der Waals surface area contributed by atoms with Gasteiger partial charge in [0.1, 0.15) is 0 Å². The minimum Gasteiger partial charge on any atom is -0.397 e. The van der Waals surface area contributed by atoms with Crippen LogP contribution in [0.5, 0.6) is 0 Å². The molecule has 0 aliphatic carbocycles. The van der Waals surface area contributed by atoms with E-state index < -0.39 is 5.60 Å². The van der Waals surface area contributed by atoms with Gasteiger partial charge in [-0.1, -0.05) is 13.8 Å². The Morgan fingerprint density at radius 1 is 1.30 bits per heavy atom. The van der Waals surface area contributed by atoms with Crippen LogP contribution in [0.15, 0.2) is 0 Å². The SMILES string of the molecule is CC(C)C(C)(C)O.CCO. The van der Waals surface area contributed by atoms with Crippen LogP contribution in [0.2, 0.25) is 0 Å². The van der Waals surface area contributed by atoms with Crippen LogP contribution in [-0.4, -0.2) is 22.4 Å². The fourth-order valence-corrected chi connectivity index (χ4v) is 0. The Morgan fingerprint density at radius 2 is 1.40 bits per heavy atom. The van der Waals surface area contributed by atoms with Crippen molar-refractivity contribution in [2.75, 3.05) is 6.61 Å². The standard InChI is InChI=1S/C6H14O.C2H6O/c1-5(2)6(3,4)7;1-2-3/h5,7H,1-4H3;3H,2H2,1H3. The second-order valence-electron chi connectivity index (χ2n) is 3.12. The lowest BCUT2D eigenvalue weighted by Crippen LogP contribution is -2.25. The number of hydrogen-bond donors (Lipinski definition) is 2. The van der Waals surface area contributed by atoms with Gasteiger partial charge in [0.05, 0.1) is 5.60 Å². The minimum atomic E-state index is -0.500. The molecule has 0 amide bonds. The number of aliphatic hydroxyl groups excluding tert-OH is 1. The van der Waals surface area contributed by atoms with Crippen molar-refractivity contribution in [1.82, 2.24) is 0 Å². The number of rotatable bonds is 1. The quantitative estimate of drug-likeness (QED) is 0.590. The fourth-order valence-electron chi connectivity index (χ4n) is 0. The Labute approximate surface area is 63.9 Å². The molecule has 64 valence electrons. The van der Waals surface area contributed by atoms with Gasteiger partial charge in [0.25, 0.3) is 0 Å². The van der Waals surface area contributed by atoms with E-state index in [4.69, 9.17) is 10.2 Å². The summed E-state index contributed by atoms with van der Waals surface area (Å²) in [7, 11) is 0. The summed E-state index contributed by atoms with van der Waals surface area (Å²) in [5.74, 6) is 0.354. The highest BCUT2D eigenvalue weighted by Gasteiger charge is 2.16. The first-order chi connectivity index (χ1) is 4.36. The van der Waals surface area contributed by atoms with E-state index >= 15 is 0 Å². The molecule has 0 saturated heterocycles. The van der Waals surface area contributed by atoms with Gasteiger partial charge in [-0.25, -0.2) is 0 Å². The van der Waals surface area contributed by atoms with Gasteiger partial charge in [-0.3, -0.25) is 0 Å². The normalized spacial score (nSPS) is 10.8. The lowest BCUT2D eigenvalue weighted by atomic mass is 9.95. The van der Waals surface area contributed by atoms with Crippen LogP contribution in [0.1, 0.15) is 34.6 Å². The predicted molar refractivity (Wildman–Crippen MR) is 43.9 cm³/mol. The molecule has 0 atom stereocenters. The molecule has 0 aromatic carbocycles. The summed E-state index contributed by atoms with van der Waals surface area (Å²) in [5, 5.41) is 16.7. The van der Waals surface area contributed by atoms with E-state index in [9.17, 15) is 0 Å². The molecular weight excluding hydrogens is 128 g/mol. The summed E-state index contributed by atoms with van der Waals surface area (Å²) in [4.78, 5) is 0. The van der Waals surface area contributed by atoms with Gasteiger partial charge >= 0.3 is 0 Å². The predicted octanol–water partition coefficient (Wildman–Crippen LogP) is 1.41. The molecule has 0 fully saturated rings. The Morgan fingerprint density at radius 3 is 1.40 bits per heavy atom. The Kier molecular flexibility index (Phi) is 7.15. The summed E-state index contributed by atoms with van der Waals surface area (Å²) in [6.45, 7) is 9.56. The molecule has 0 radical (unpaired) electrons. The maximum Gasteiger partial charge on any atom is 0.0614 e. The molecule has 2 heteroatoms. The van der Waals surface area contributed by atoms with E-state index in [-0.39, 0.29) is 6.61 Å². The first-order valence-corrected chi connectivity index (χ1v) is 3.69. The smallest absolute Gasteiger partial charge is 0.0614 e. The van der Waals surface area contributed by atoms with Gasteiger partial charge in [0, 0.05) is 6.61 Å². The second kappa shape index (κ2) is 5.69. The molecule has 10 heavy (non-hydrogen) atoms. The largest absolute Gasteiger partial charge is 0.397 e. The molecule has 0 bridgehead atoms. The van der Waals surface area contributed by atoms with Crippen molar-refractivity contribution >= 4 is 0 Å². The average molecular weight is 148 g/mol. The van der Waals surface area contributed by atoms with Crippen LogP contribution in [0.4, 0.5) is 0 Å². The highest BCUT2D eigenvalue weighted by molar-refractivity contribution is 4.67. The van der Waals surface area contributed by atoms with Crippen LogP contribution >= 0.6 is 0 Å². The van der Waals surface area contributed by atoms with Gasteiger partial charge in [-0.05, 0) is 26.7 Å². The van der Waals surface area contributed by atoms with E-state index in [0.717, 1.165) is 0 Å². The lowest BCUT2D eigenvalue weighted by Gasteiger charge is -2.21. The molecule has 0 rings (SSSR count). The zero-order valence-electron chi connectivity index (χ0n) is 7.68. The van der Waals surface area contributed by atoms with Gasteiger partial charge in [0.15, 0.2) is 0 Å². The van der Waals surface area contributed by atoms with E-state index in [1.54, 1.807) is 6.92 Å². The first kappa shape index (κ1) is 12.6. The van der Waals surface area contributed by atoms with Gasteiger partial charge in [-0.2, -0.15) is 0 Å². The van der Waals surface area contributed by atoms with Crippen molar-refractivity contribution in [3.63, 3.8) is 0 Å². The highest BCUT2D eigenvalue weighted by atomic mass is 16.3. The average Bonchev–Trinajstić information content (AvgIpc) is 1.64. The monoisotopic (exact) mass is 148 g/mol. The van der Waals surface area contributed by atoms with E-state index in [2.05, 4.69) is 0 Å². The third-order valence-electron chi connectivity index (χ3n) is 1.41. The van der Waals surface area contributed by atoms with Crippen LogP contribution in [0.25, 0.3) is 0 Å². The minimum absolute atomic E-state index is 0.250. The van der Waals surface area contributed by atoms with Crippen LogP contribution < -0.4 is 0 Å². The van der Waals surface area contributed by atoms with Gasteiger partial charge < -0.3 is 10.2 Å². The van der Waals surface area contributed by atoms with Crippen LogP contribution in [0.3, 0.4) is 0 Å². The van der Waals surface area contributed by atoms with E-state index in [1.807, 2.05) is 27.7 Å². The zero-order chi connectivity index (χ0) is 8.78. The van der Waals surface area contributed by atoms with Gasteiger partial charge in [-0.15, -0.1) is 0 Å². The number of aliphatic hydroxyl groups is 2. The molecule has 0 aromatic rings. The topological polar surface area (TPSA) is 40.5 Å². The molecule has 0 aliphatic rings. The molecule has 0 aromatic heterocycles. The van der Waals surface area contributed by atoms with Crippen molar-refractivity contribution in [3.05, 3.63) is 0 Å². The Bertz CT molecular complexity index is 62.1. The van der Waals surface area contributed by atoms with Crippen LogP contribution in [0, 0.1) is 5.92 Å². The summed E-state index contributed by atoms with van der Waals surface area (Å²) in [5.41, 5.74) is -0.500. The van der Waals surface area contributed by atoms with Crippen molar-refractivity contribution in [1.29, 1.82) is 0 Å². The first-order valence-electron chi connectivity index (χ1n) is 3.69. The molecule has 0 unspecified atom stereocenters. The molecule has 0 spiro atoms. The molecular formula is C8H20O2. The van der Waals surface area contributed by atoms with Crippen molar-refractivity contribution < 1.29 is 10.2 Å². The maximum absolute atomic E-state index is 9.09. The third kappa shape index (κ3) is 10.8. The lowest BCUT2D eigenvalue weighted by molar-refractivity contribution is 0.0327. The van der Waals surface area contributed by atoms with Crippen molar-refractivity contribution in [2.45, 2.75) is 40.2 Å². The van der Waals surface area contributed by atoms with E-state index in [1.165, 1.54) is 0 Å². The zero-order valence-corrected chi connectivity index (χ0v) is 7.68. The fraction of sp³-hybridized carbons (Fsp3) is 1.00. The van der Waals surface area contributed by atoms with Crippen molar-refractivity contribution in [3.8, 4) is 0 Å². The molecule has 0 saturated carbocycles. The molecule has 2 N–H and O–H groups in total. The summed E-state index contributed by atoms with van der Waals surface area (Å²) in [6, 6.07) is 0. The Hall–Kier alpha value is -0.0800. The van der Waals surface area contributed by atoms with E-state index in [0.29, 0.717) is 5.92 Å².